The first kappa shape index (κ1) is 18.7. The van der Waals surface area contributed by atoms with Gasteiger partial charge in [0.25, 0.3) is 10.5 Å². The molecule has 1 rings (SSSR count). The Balaban J connectivity index is 2.15. The molecule has 1 heterocycles. The number of rotatable bonds is 5. The highest BCUT2D eigenvalue weighted by molar-refractivity contribution is 8.87. The van der Waals surface area contributed by atoms with Crippen LogP contribution in [0.2, 0.25) is 0 Å². The van der Waals surface area contributed by atoms with Gasteiger partial charge in [-0.3, -0.25) is 4.79 Å². The monoisotopic (exact) mass is 332 g/mol. The zero-order valence-electron chi connectivity index (χ0n) is 13.1. The predicted molar refractivity (Wildman–Crippen MR) is 94.1 cm³/mol. The summed E-state index contributed by atoms with van der Waals surface area (Å²) in [5.41, 5.74) is 0. The quantitative estimate of drug-likeness (QED) is 0.569. The van der Waals surface area contributed by atoms with Crippen LogP contribution in [0.5, 0.6) is 0 Å². The summed E-state index contributed by atoms with van der Waals surface area (Å²) in [7, 11) is 2.53. The standard InChI is InChI=1S/C15H28N2O2S2/c1-2-3-4-8-11-16-14(18)20-21-15-17-12-9-6-5-7-10-13-19-15/h2-13H2,1H3,(H,16,18). The van der Waals surface area contributed by atoms with E-state index in [2.05, 4.69) is 17.2 Å². The highest BCUT2D eigenvalue weighted by Crippen LogP contribution is 2.25. The van der Waals surface area contributed by atoms with Crippen LogP contribution in [-0.4, -0.2) is 30.2 Å². The molecular weight excluding hydrogens is 304 g/mol. The topological polar surface area (TPSA) is 50.7 Å². The summed E-state index contributed by atoms with van der Waals surface area (Å²) >= 11 is 0. The molecule has 0 unspecified atom stereocenters. The van der Waals surface area contributed by atoms with Crippen LogP contribution in [0.25, 0.3) is 0 Å². The number of aliphatic imine (C=N–C) groups is 1. The van der Waals surface area contributed by atoms with Gasteiger partial charge in [0.2, 0.25) is 0 Å². The summed E-state index contributed by atoms with van der Waals surface area (Å²) in [5, 5.41) is 3.58. The second-order valence-corrected chi connectivity index (χ2v) is 7.26. The van der Waals surface area contributed by atoms with Crippen LogP contribution in [0, 0.1) is 0 Å². The Labute approximate surface area is 136 Å². The van der Waals surface area contributed by atoms with Gasteiger partial charge in [0.05, 0.1) is 6.61 Å². The van der Waals surface area contributed by atoms with Crippen molar-refractivity contribution in [1.82, 2.24) is 5.32 Å². The largest absolute Gasteiger partial charge is 0.472 e. The summed E-state index contributed by atoms with van der Waals surface area (Å²) in [6.07, 6.45) is 10.6. The Morgan fingerprint density at radius 2 is 2.00 bits per heavy atom. The van der Waals surface area contributed by atoms with Crippen molar-refractivity contribution in [3.63, 3.8) is 0 Å². The lowest BCUT2D eigenvalue weighted by Gasteiger charge is -2.10. The third-order valence-electron chi connectivity index (χ3n) is 3.26. The first-order valence-corrected chi connectivity index (χ1v) is 10.3. The fraction of sp³-hybridized carbons (Fsp3) is 0.867. The van der Waals surface area contributed by atoms with Gasteiger partial charge in [0.15, 0.2) is 0 Å². The van der Waals surface area contributed by atoms with Crippen molar-refractivity contribution in [3.8, 4) is 0 Å². The van der Waals surface area contributed by atoms with Gasteiger partial charge >= 0.3 is 0 Å². The van der Waals surface area contributed by atoms with Crippen molar-refractivity contribution in [1.29, 1.82) is 0 Å². The van der Waals surface area contributed by atoms with Gasteiger partial charge in [-0.05, 0) is 19.3 Å². The highest BCUT2D eigenvalue weighted by Gasteiger charge is 2.09. The van der Waals surface area contributed by atoms with Crippen LogP contribution in [0.3, 0.4) is 0 Å². The molecular formula is C15H28N2O2S2. The van der Waals surface area contributed by atoms with E-state index in [9.17, 15) is 4.79 Å². The van der Waals surface area contributed by atoms with Gasteiger partial charge in [-0.25, -0.2) is 4.99 Å². The van der Waals surface area contributed by atoms with Crippen molar-refractivity contribution in [2.45, 2.75) is 64.7 Å². The number of ether oxygens (including phenoxy) is 1. The van der Waals surface area contributed by atoms with E-state index >= 15 is 0 Å². The number of hydrogen-bond acceptors (Lipinski definition) is 5. The molecule has 21 heavy (non-hydrogen) atoms. The second kappa shape index (κ2) is 13.3. The lowest BCUT2D eigenvalue weighted by molar-refractivity contribution is 0.260. The van der Waals surface area contributed by atoms with E-state index in [-0.39, 0.29) is 5.24 Å². The molecule has 0 spiro atoms. The molecule has 0 radical (unpaired) electrons. The second-order valence-electron chi connectivity index (χ2n) is 5.21. The molecule has 0 fully saturated rings. The fourth-order valence-corrected chi connectivity index (χ4v) is 3.52. The Morgan fingerprint density at radius 3 is 2.86 bits per heavy atom. The van der Waals surface area contributed by atoms with Crippen molar-refractivity contribution < 1.29 is 9.53 Å². The maximum Gasteiger partial charge on any atom is 0.290 e. The molecule has 0 aromatic heterocycles. The van der Waals surface area contributed by atoms with Gasteiger partial charge < -0.3 is 10.1 Å². The number of carbonyl (C=O) groups excluding carboxylic acids is 1. The Bertz CT molecular complexity index is 312. The van der Waals surface area contributed by atoms with Gasteiger partial charge in [0, 0.05) is 34.7 Å². The fourth-order valence-electron chi connectivity index (χ4n) is 2.02. The van der Waals surface area contributed by atoms with Crippen molar-refractivity contribution in [3.05, 3.63) is 0 Å². The number of unbranched alkanes of at least 4 members (excludes halogenated alkanes) is 3. The first-order chi connectivity index (χ1) is 10.3. The van der Waals surface area contributed by atoms with Crippen molar-refractivity contribution in [2.75, 3.05) is 19.7 Å². The Kier molecular flexibility index (Phi) is 11.8. The molecule has 1 aliphatic heterocycles. The molecule has 0 atom stereocenters. The maximum absolute atomic E-state index is 11.7. The molecule has 1 N–H and O–H groups in total. The van der Waals surface area contributed by atoms with Crippen LogP contribution in [0.4, 0.5) is 4.79 Å². The summed E-state index contributed by atoms with van der Waals surface area (Å²) in [6, 6.07) is 0. The molecule has 0 saturated heterocycles. The summed E-state index contributed by atoms with van der Waals surface area (Å²) < 4.78 is 5.64. The SMILES string of the molecule is CCCCCCNC(=O)SSC1=NCCCCCCCO1. The van der Waals surface area contributed by atoms with E-state index in [0.717, 1.165) is 32.4 Å². The number of nitrogens with one attached hydrogen (secondary N) is 1. The number of hydrogen-bond donors (Lipinski definition) is 1. The first-order valence-electron chi connectivity index (χ1n) is 8.12. The van der Waals surface area contributed by atoms with Crippen LogP contribution < -0.4 is 5.32 Å². The van der Waals surface area contributed by atoms with Crippen molar-refractivity contribution in [2.24, 2.45) is 4.99 Å². The molecule has 1 aliphatic rings. The molecule has 122 valence electrons. The molecule has 0 bridgehead atoms. The minimum atomic E-state index is -0.0000994. The summed E-state index contributed by atoms with van der Waals surface area (Å²) in [6.45, 7) is 4.47. The number of amides is 1. The maximum atomic E-state index is 11.7. The molecule has 0 aliphatic carbocycles. The van der Waals surface area contributed by atoms with E-state index in [1.165, 1.54) is 60.1 Å². The molecule has 1 amide bonds. The Morgan fingerprint density at radius 1 is 1.19 bits per heavy atom. The normalized spacial score (nSPS) is 16.7. The van der Waals surface area contributed by atoms with Crippen LogP contribution >= 0.6 is 21.6 Å². The number of nitrogens with zero attached hydrogens (tertiary/aromatic N) is 1. The molecule has 0 aromatic rings. The van der Waals surface area contributed by atoms with E-state index in [4.69, 9.17) is 4.74 Å². The zero-order valence-corrected chi connectivity index (χ0v) is 14.7. The molecule has 0 saturated carbocycles. The average molecular weight is 333 g/mol. The van der Waals surface area contributed by atoms with Gasteiger partial charge in [-0.15, -0.1) is 0 Å². The predicted octanol–water partition coefficient (Wildman–Crippen LogP) is 4.99. The lowest BCUT2D eigenvalue weighted by Crippen LogP contribution is -2.19. The lowest BCUT2D eigenvalue weighted by atomic mass is 10.1. The highest BCUT2D eigenvalue weighted by atomic mass is 33.1. The van der Waals surface area contributed by atoms with Gasteiger partial charge in [-0.2, -0.15) is 0 Å². The molecule has 0 aromatic carbocycles. The van der Waals surface area contributed by atoms with E-state index < -0.39 is 0 Å². The average Bonchev–Trinajstić information content (AvgIpc) is 2.51. The zero-order chi connectivity index (χ0) is 15.2. The van der Waals surface area contributed by atoms with Crippen LogP contribution in [0.15, 0.2) is 4.99 Å². The van der Waals surface area contributed by atoms with Crippen molar-refractivity contribution >= 4 is 32.1 Å². The van der Waals surface area contributed by atoms with Crippen LogP contribution in [-0.2, 0) is 4.74 Å². The van der Waals surface area contributed by atoms with Gasteiger partial charge in [-0.1, -0.05) is 45.4 Å². The number of carbonyl (C=O) groups is 1. The third kappa shape index (κ3) is 10.9. The summed E-state index contributed by atoms with van der Waals surface area (Å²) in [5.74, 6) is 0. The third-order valence-corrected chi connectivity index (χ3v) is 5.16. The minimum absolute atomic E-state index is 0.0000994. The smallest absolute Gasteiger partial charge is 0.290 e. The van der Waals surface area contributed by atoms with E-state index in [1.54, 1.807) is 0 Å². The van der Waals surface area contributed by atoms with E-state index in [1.807, 2.05) is 0 Å². The summed E-state index contributed by atoms with van der Waals surface area (Å²) in [4.78, 5) is 16.1. The minimum Gasteiger partial charge on any atom is -0.472 e. The van der Waals surface area contributed by atoms with E-state index in [0.29, 0.717) is 11.8 Å². The van der Waals surface area contributed by atoms with Gasteiger partial charge in [0.1, 0.15) is 0 Å². The Hall–Kier alpha value is -0.360. The molecule has 6 heteroatoms. The van der Waals surface area contributed by atoms with Crippen LogP contribution in [0.1, 0.15) is 64.7 Å². The molecule has 4 nitrogen and oxygen atoms in total.